The van der Waals surface area contributed by atoms with Crippen LogP contribution in [-0.4, -0.2) is 54.4 Å². The minimum absolute atomic E-state index is 0.00368. The molecule has 1 spiro atoms. The van der Waals surface area contributed by atoms with Gasteiger partial charge in [0.1, 0.15) is 5.76 Å². The van der Waals surface area contributed by atoms with E-state index in [0.29, 0.717) is 0 Å². The number of furan rings is 1. The fraction of sp³-hybridized carbons (Fsp3) is 0.455. The van der Waals surface area contributed by atoms with Crippen LogP contribution in [0.3, 0.4) is 0 Å². The Hall–Kier alpha value is -2.85. The zero-order valence-corrected chi connectivity index (χ0v) is 17.3. The molecule has 2 aliphatic heterocycles. The van der Waals surface area contributed by atoms with Gasteiger partial charge in [0.05, 0.1) is 18.7 Å². The van der Waals surface area contributed by atoms with Crippen molar-refractivity contribution in [3.8, 4) is 0 Å². The highest BCUT2D eigenvalue weighted by Crippen LogP contribution is 2.45. The average molecular weight is 454 g/mol. The van der Waals surface area contributed by atoms with E-state index in [9.17, 15) is 18.0 Å². The topological polar surface area (TPSA) is 92.0 Å². The average Bonchev–Trinajstić information content (AvgIpc) is 3.37. The molecule has 4 rings (SSSR count). The van der Waals surface area contributed by atoms with Gasteiger partial charge in [-0.2, -0.15) is 13.2 Å². The predicted molar refractivity (Wildman–Crippen MR) is 109 cm³/mol. The highest BCUT2D eigenvalue weighted by Gasteiger charge is 2.50. The van der Waals surface area contributed by atoms with E-state index in [-0.39, 0.29) is 17.2 Å². The van der Waals surface area contributed by atoms with Crippen molar-refractivity contribution in [2.75, 3.05) is 31.6 Å². The van der Waals surface area contributed by atoms with Crippen LogP contribution >= 0.6 is 0 Å². The molecule has 1 unspecified atom stereocenters. The van der Waals surface area contributed by atoms with Gasteiger partial charge in [-0.1, -0.05) is 18.2 Å². The maximum absolute atomic E-state index is 13.0. The van der Waals surface area contributed by atoms with E-state index >= 15 is 0 Å². The summed E-state index contributed by atoms with van der Waals surface area (Å²) >= 11 is 0. The molecule has 2 N–H and O–H groups in total. The molecule has 3 heterocycles. The number of likely N-dealkylation sites (tertiary alicyclic amines) is 1. The standard InChI is InChI=1S/C20H24N2O3.C2HF3O2/c23-19(21-16-5-2-1-3-6-16)18-14-22(13-17-7-4-10-25-17)15-20(18)8-11-24-12-9-20;3-2(4,5)1(6)7/h1-7,10,18H,8-9,11-15H2,(H,21,23);(H,6,7). The summed E-state index contributed by atoms with van der Waals surface area (Å²) in [6.45, 7) is 3.92. The summed E-state index contributed by atoms with van der Waals surface area (Å²) in [6.07, 6.45) is -1.50. The van der Waals surface area contributed by atoms with Crippen molar-refractivity contribution >= 4 is 17.6 Å². The molecule has 2 saturated heterocycles. The second kappa shape index (κ2) is 10.2. The lowest BCUT2D eigenvalue weighted by Crippen LogP contribution is -2.42. The molecule has 10 heteroatoms. The fourth-order valence-electron chi connectivity index (χ4n) is 4.21. The van der Waals surface area contributed by atoms with Gasteiger partial charge in [-0.3, -0.25) is 9.69 Å². The molecule has 1 aromatic carbocycles. The van der Waals surface area contributed by atoms with Gasteiger partial charge in [-0.15, -0.1) is 0 Å². The van der Waals surface area contributed by atoms with E-state index in [0.717, 1.165) is 57.1 Å². The Bertz CT molecular complexity index is 881. The number of rotatable bonds is 4. The Morgan fingerprint density at radius 3 is 2.34 bits per heavy atom. The number of carboxylic acid groups (broad SMARTS) is 1. The summed E-state index contributed by atoms with van der Waals surface area (Å²) in [5, 5.41) is 10.2. The first-order chi connectivity index (χ1) is 15.2. The summed E-state index contributed by atoms with van der Waals surface area (Å²) in [7, 11) is 0. The molecule has 2 aliphatic rings. The van der Waals surface area contributed by atoms with Gasteiger partial charge in [-0.05, 0) is 37.1 Å². The molecule has 2 aromatic rings. The first kappa shape index (κ1) is 23.8. The van der Waals surface area contributed by atoms with E-state index in [1.807, 2.05) is 42.5 Å². The van der Waals surface area contributed by atoms with Crippen molar-refractivity contribution < 1.29 is 37.0 Å². The number of hydrogen-bond acceptors (Lipinski definition) is 5. The number of hydrogen-bond donors (Lipinski definition) is 2. The first-order valence-electron chi connectivity index (χ1n) is 10.2. The highest BCUT2D eigenvalue weighted by atomic mass is 19.4. The summed E-state index contributed by atoms with van der Waals surface area (Å²) < 4.78 is 42.8. The second-order valence-corrected chi connectivity index (χ2v) is 7.93. The van der Waals surface area contributed by atoms with Gasteiger partial charge < -0.3 is 19.6 Å². The van der Waals surface area contributed by atoms with E-state index in [1.54, 1.807) is 6.26 Å². The van der Waals surface area contributed by atoms with E-state index < -0.39 is 12.1 Å². The molecule has 7 nitrogen and oxygen atoms in total. The molecule has 0 saturated carbocycles. The third-order valence-electron chi connectivity index (χ3n) is 5.77. The van der Waals surface area contributed by atoms with Crippen molar-refractivity contribution in [1.29, 1.82) is 0 Å². The number of anilines is 1. The SMILES string of the molecule is O=C(Nc1ccccc1)C1CN(Cc2ccco2)CC12CCOCC2.O=C(O)C(F)(F)F. The molecule has 1 amide bonds. The number of nitrogens with zero attached hydrogens (tertiary/aromatic N) is 1. The van der Waals surface area contributed by atoms with E-state index in [2.05, 4.69) is 10.2 Å². The molecule has 174 valence electrons. The Balaban J connectivity index is 0.000000360. The number of benzene rings is 1. The number of amides is 1. The van der Waals surface area contributed by atoms with Crippen LogP contribution in [-0.2, 0) is 20.9 Å². The maximum Gasteiger partial charge on any atom is 0.490 e. The Kier molecular flexibility index (Phi) is 7.57. The van der Waals surface area contributed by atoms with Crippen molar-refractivity contribution in [3.05, 3.63) is 54.5 Å². The number of para-hydroxylation sites is 1. The Morgan fingerprint density at radius 1 is 1.12 bits per heavy atom. The van der Waals surface area contributed by atoms with E-state index in [1.165, 1.54) is 0 Å². The third kappa shape index (κ3) is 6.10. The van der Waals surface area contributed by atoms with Gasteiger partial charge in [0.25, 0.3) is 0 Å². The summed E-state index contributed by atoms with van der Waals surface area (Å²) in [5.41, 5.74) is 0.864. The Morgan fingerprint density at radius 2 is 1.78 bits per heavy atom. The van der Waals surface area contributed by atoms with Crippen molar-refractivity contribution in [2.24, 2.45) is 11.3 Å². The summed E-state index contributed by atoms with van der Waals surface area (Å²) in [4.78, 5) is 24.3. The van der Waals surface area contributed by atoms with Crippen molar-refractivity contribution in [3.63, 3.8) is 0 Å². The minimum Gasteiger partial charge on any atom is -0.475 e. The van der Waals surface area contributed by atoms with Gasteiger partial charge in [0, 0.05) is 37.4 Å². The van der Waals surface area contributed by atoms with Crippen LogP contribution in [0.25, 0.3) is 0 Å². The molecular formula is C22H25F3N2O5. The number of halogens is 3. The van der Waals surface area contributed by atoms with Crippen LogP contribution in [0.2, 0.25) is 0 Å². The van der Waals surface area contributed by atoms with Crippen molar-refractivity contribution in [1.82, 2.24) is 4.90 Å². The van der Waals surface area contributed by atoms with E-state index in [4.69, 9.17) is 19.1 Å². The number of alkyl halides is 3. The quantitative estimate of drug-likeness (QED) is 0.731. The lowest BCUT2D eigenvalue weighted by atomic mass is 9.71. The predicted octanol–water partition coefficient (Wildman–Crippen LogP) is 3.78. The number of ether oxygens (including phenoxy) is 1. The van der Waals surface area contributed by atoms with Gasteiger partial charge in [0.2, 0.25) is 5.91 Å². The number of carboxylic acids is 1. The van der Waals surface area contributed by atoms with Crippen LogP contribution in [0.5, 0.6) is 0 Å². The second-order valence-electron chi connectivity index (χ2n) is 7.93. The van der Waals surface area contributed by atoms with Crippen LogP contribution in [0.1, 0.15) is 18.6 Å². The monoisotopic (exact) mass is 454 g/mol. The fourth-order valence-corrected chi connectivity index (χ4v) is 4.21. The number of carbonyl (C=O) groups is 2. The van der Waals surface area contributed by atoms with Crippen molar-refractivity contribution in [2.45, 2.75) is 25.6 Å². The zero-order valence-electron chi connectivity index (χ0n) is 17.3. The highest BCUT2D eigenvalue weighted by molar-refractivity contribution is 5.93. The largest absolute Gasteiger partial charge is 0.490 e. The normalized spacial score (nSPS) is 20.4. The number of nitrogens with one attached hydrogen (secondary N) is 1. The number of carbonyl (C=O) groups excluding carboxylic acids is 1. The van der Waals surface area contributed by atoms with Crippen LogP contribution in [0.15, 0.2) is 53.1 Å². The molecule has 2 fully saturated rings. The Labute approximate surface area is 183 Å². The van der Waals surface area contributed by atoms with Gasteiger partial charge >= 0.3 is 12.1 Å². The number of aliphatic carboxylic acids is 1. The van der Waals surface area contributed by atoms with Crippen LogP contribution in [0, 0.1) is 11.3 Å². The third-order valence-corrected chi connectivity index (χ3v) is 5.77. The summed E-state index contributed by atoms with van der Waals surface area (Å²) in [6, 6.07) is 13.6. The van der Waals surface area contributed by atoms with Gasteiger partial charge in [0.15, 0.2) is 0 Å². The lowest BCUT2D eigenvalue weighted by Gasteiger charge is -2.37. The first-order valence-corrected chi connectivity index (χ1v) is 10.2. The molecular weight excluding hydrogens is 429 g/mol. The molecule has 1 aromatic heterocycles. The lowest BCUT2D eigenvalue weighted by molar-refractivity contribution is -0.192. The smallest absolute Gasteiger partial charge is 0.475 e. The molecule has 0 bridgehead atoms. The van der Waals surface area contributed by atoms with Crippen LogP contribution in [0.4, 0.5) is 18.9 Å². The zero-order chi connectivity index (χ0) is 23.2. The van der Waals surface area contributed by atoms with Crippen LogP contribution < -0.4 is 5.32 Å². The molecule has 0 radical (unpaired) electrons. The maximum atomic E-state index is 13.0. The molecule has 0 aliphatic carbocycles. The summed E-state index contributed by atoms with van der Waals surface area (Å²) in [5.74, 6) is -1.71. The van der Waals surface area contributed by atoms with Gasteiger partial charge in [-0.25, -0.2) is 4.79 Å². The molecule has 32 heavy (non-hydrogen) atoms. The minimum atomic E-state index is -5.08. The molecule has 1 atom stereocenters.